The molecule has 0 aliphatic heterocycles. The molecule has 16 heavy (non-hydrogen) atoms. The first-order valence-electron chi connectivity index (χ1n) is 4.38. The maximum Gasteiger partial charge on any atom is 0.307 e. The minimum atomic E-state index is -1.06. The van der Waals surface area contributed by atoms with Crippen molar-refractivity contribution in [2.24, 2.45) is 0 Å². The topological polar surface area (TPSA) is 66.4 Å². The first-order chi connectivity index (χ1) is 7.47. The van der Waals surface area contributed by atoms with Gasteiger partial charge in [0.2, 0.25) is 0 Å². The van der Waals surface area contributed by atoms with E-state index in [-0.39, 0.29) is 33.5 Å². The maximum absolute atomic E-state index is 11.4. The summed E-state index contributed by atoms with van der Waals surface area (Å²) in [6.07, 6.45) is -0.317. The van der Waals surface area contributed by atoms with Gasteiger partial charge in [0.05, 0.1) is 17.0 Å². The number of carboxylic acids is 1. The molecule has 0 fully saturated rings. The molecule has 0 aliphatic rings. The highest BCUT2D eigenvalue weighted by molar-refractivity contribution is 6.38. The normalized spacial score (nSPS) is 9.94. The molecule has 0 unspecified atom stereocenters. The molecule has 0 aromatic heterocycles. The third kappa shape index (κ3) is 2.65. The van der Waals surface area contributed by atoms with Crippen molar-refractivity contribution in [2.45, 2.75) is 6.42 Å². The summed E-state index contributed by atoms with van der Waals surface area (Å²) in [5, 5.41) is 11.4. The first kappa shape index (κ1) is 12.8. The van der Waals surface area contributed by atoms with Crippen molar-refractivity contribution in [1.82, 2.24) is 5.32 Å². The predicted octanol–water partition coefficient (Wildman–Crippen LogP) is 1.98. The average molecular weight is 262 g/mol. The van der Waals surface area contributed by atoms with Gasteiger partial charge in [-0.2, -0.15) is 0 Å². The molecule has 4 nitrogen and oxygen atoms in total. The maximum atomic E-state index is 11.4. The van der Waals surface area contributed by atoms with Crippen LogP contribution in [0, 0.1) is 0 Å². The Morgan fingerprint density at radius 3 is 2.50 bits per heavy atom. The molecule has 6 heteroatoms. The Labute approximate surface area is 102 Å². The molecule has 0 saturated carbocycles. The van der Waals surface area contributed by atoms with Gasteiger partial charge in [0.25, 0.3) is 5.91 Å². The number of carboxylic acid groups (broad SMARTS) is 1. The number of aliphatic carboxylic acids is 1. The van der Waals surface area contributed by atoms with Gasteiger partial charge in [-0.3, -0.25) is 9.59 Å². The highest BCUT2D eigenvalue weighted by Gasteiger charge is 2.17. The fraction of sp³-hybridized carbons (Fsp3) is 0.200. The molecule has 2 N–H and O–H groups in total. The molecule has 0 atom stereocenters. The van der Waals surface area contributed by atoms with Crippen molar-refractivity contribution >= 4 is 35.1 Å². The van der Waals surface area contributed by atoms with E-state index in [0.29, 0.717) is 0 Å². The minimum Gasteiger partial charge on any atom is -0.481 e. The summed E-state index contributed by atoms with van der Waals surface area (Å²) in [6, 6.07) is 2.91. The average Bonchev–Trinajstić information content (AvgIpc) is 2.23. The second-order valence-corrected chi connectivity index (χ2v) is 3.82. The molecule has 0 heterocycles. The van der Waals surface area contributed by atoms with Crippen LogP contribution in [0.1, 0.15) is 15.9 Å². The summed E-state index contributed by atoms with van der Waals surface area (Å²) in [4.78, 5) is 22.0. The smallest absolute Gasteiger partial charge is 0.307 e. The van der Waals surface area contributed by atoms with Gasteiger partial charge >= 0.3 is 5.97 Å². The zero-order chi connectivity index (χ0) is 12.3. The van der Waals surface area contributed by atoms with Gasteiger partial charge in [-0.1, -0.05) is 23.2 Å². The minimum absolute atomic E-state index is 0.0780. The number of benzene rings is 1. The number of hydrogen-bond donors (Lipinski definition) is 2. The van der Waals surface area contributed by atoms with E-state index in [1.54, 1.807) is 0 Å². The van der Waals surface area contributed by atoms with E-state index in [1.807, 2.05) is 0 Å². The van der Waals surface area contributed by atoms with Crippen LogP contribution >= 0.6 is 23.2 Å². The Morgan fingerprint density at radius 1 is 1.38 bits per heavy atom. The Balaban J connectivity index is 3.26. The summed E-state index contributed by atoms with van der Waals surface area (Å²) in [5.41, 5.74) is 0.460. The number of amides is 1. The molecule has 0 bridgehead atoms. The number of carbonyl (C=O) groups is 2. The molecule has 1 aromatic rings. The highest BCUT2D eigenvalue weighted by Crippen LogP contribution is 2.28. The number of rotatable bonds is 3. The quantitative estimate of drug-likeness (QED) is 0.875. The molecule has 1 rings (SSSR count). The molecule has 1 amide bonds. The van der Waals surface area contributed by atoms with Gasteiger partial charge in [0.15, 0.2) is 0 Å². The van der Waals surface area contributed by atoms with E-state index >= 15 is 0 Å². The van der Waals surface area contributed by atoms with E-state index in [1.165, 1.54) is 19.2 Å². The van der Waals surface area contributed by atoms with Crippen molar-refractivity contribution < 1.29 is 14.7 Å². The molecule has 0 aliphatic carbocycles. The number of halogens is 2. The first-order valence-corrected chi connectivity index (χ1v) is 5.13. The van der Waals surface area contributed by atoms with Crippen LogP contribution in [0.2, 0.25) is 10.0 Å². The van der Waals surface area contributed by atoms with Crippen molar-refractivity contribution in [3.8, 4) is 0 Å². The Morgan fingerprint density at radius 2 is 2.00 bits per heavy atom. The van der Waals surface area contributed by atoms with Crippen molar-refractivity contribution in [2.75, 3.05) is 7.05 Å². The molecule has 1 aromatic carbocycles. The van der Waals surface area contributed by atoms with Gasteiger partial charge in [-0.25, -0.2) is 0 Å². The van der Waals surface area contributed by atoms with Crippen molar-refractivity contribution in [3.63, 3.8) is 0 Å². The lowest BCUT2D eigenvalue weighted by Gasteiger charge is -2.08. The Hall–Kier alpha value is -1.26. The predicted molar refractivity (Wildman–Crippen MR) is 61.2 cm³/mol. The fourth-order valence-corrected chi connectivity index (χ4v) is 1.81. The zero-order valence-electron chi connectivity index (χ0n) is 8.38. The standard InChI is InChI=1S/C10H9Cl2NO3/c1-13-10(16)5-2-3-7(11)6(9(5)12)4-8(14)15/h2-3H,4H2,1H3,(H,13,16)(H,14,15). The summed E-state index contributed by atoms with van der Waals surface area (Å²) < 4.78 is 0. The van der Waals surface area contributed by atoms with E-state index < -0.39 is 5.97 Å². The summed E-state index contributed by atoms with van der Waals surface area (Å²) in [5.74, 6) is -1.44. The summed E-state index contributed by atoms with van der Waals surface area (Å²) >= 11 is 11.7. The second-order valence-electron chi connectivity index (χ2n) is 3.04. The lowest BCUT2D eigenvalue weighted by molar-refractivity contribution is -0.136. The third-order valence-electron chi connectivity index (χ3n) is 1.99. The van der Waals surface area contributed by atoms with Gasteiger partial charge in [-0.05, 0) is 12.1 Å². The summed E-state index contributed by atoms with van der Waals surface area (Å²) in [6.45, 7) is 0. The van der Waals surface area contributed by atoms with Crippen molar-refractivity contribution in [1.29, 1.82) is 0 Å². The number of carbonyl (C=O) groups excluding carboxylic acids is 1. The van der Waals surface area contributed by atoms with Crippen LogP contribution in [0.25, 0.3) is 0 Å². The molecular formula is C10H9Cl2NO3. The monoisotopic (exact) mass is 261 g/mol. The summed E-state index contributed by atoms with van der Waals surface area (Å²) in [7, 11) is 1.46. The van der Waals surface area contributed by atoms with Crippen LogP contribution in [0.3, 0.4) is 0 Å². The lowest BCUT2D eigenvalue weighted by atomic mass is 10.1. The van der Waals surface area contributed by atoms with Gasteiger partial charge in [0, 0.05) is 17.6 Å². The molecule has 0 saturated heterocycles. The van der Waals surface area contributed by atoms with E-state index in [0.717, 1.165) is 0 Å². The van der Waals surface area contributed by atoms with Gasteiger partial charge < -0.3 is 10.4 Å². The second kappa shape index (κ2) is 5.18. The van der Waals surface area contributed by atoms with Crippen LogP contribution in [-0.2, 0) is 11.2 Å². The van der Waals surface area contributed by atoms with E-state index in [4.69, 9.17) is 28.3 Å². The zero-order valence-corrected chi connectivity index (χ0v) is 9.89. The Kier molecular flexibility index (Phi) is 4.15. The van der Waals surface area contributed by atoms with Crippen LogP contribution in [0.4, 0.5) is 0 Å². The molecular weight excluding hydrogens is 253 g/mol. The number of hydrogen-bond acceptors (Lipinski definition) is 2. The van der Waals surface area contributed by atoms with Crippen LogP contribution < -0.4 is 5.32 Å². The Bertz CT molecular complexity index is 446. The molecule has 0 spiro atoms. The van der Waals surface area contributed by atoms with Crippen LogP contribution in [0.5, 0.6) is 0 Å². The highest BCUT2D eigenvalue weighted by atomic mass is 35.5. The number of nitrogens with one attached hydrogen (secondary N) is 1. The molecule has 86 valence electrons. The largest absolute Gasteiger partial charge is 0.481 e. The fourth-order valence-electron chi connectivity index (χ4n) is 1.22. The third-order valence-corrected chi connectivity index (χ3v) is 2.77. The van der Waals surface area contributed by atoms with Gasteiger partial charge in [0.1, 0.15) is 0 Å². The van der Waals surface area contributed by atoms with E-state index in [9.17, 15) is 9.59 Å². The van der Waals surface area contributed by atoms with Crippen molar-refractivity contribution in [3.05, 3.63) is 33.3 Å². The van der Waals surface area contributed by atoms with Crippen LogP contribution in [0.15, 0.2) is 12.1 Å². The SMILES string of the molecule is CNC(=O)c1ccc(Cl)c(CC(=O)O)c1Cl. The van der Waals surface area contributed by atoms with Crippen LogP contribution in [-0.4, -0.2) is 24.0 Å². The lowest BCUT2D eigenvalue weighted by Crippen LogP contribution is -2.19. The molecule has 0 radical (unpaired) electrons. The van der Waals surface area contributed by atoms with E-state index in [2.05, 4.69) is 5.32 Å². The van der Waals surface area contributed by atoms with Gasteiger partial charge in [-0.15, -0.1) is 0 Å².